The Morgan fingerprint density at radius 1 is 1.25 bits per heavy atom. The number of halogens is 1. The van der Waals surface area contributed by atoms with E-state index in [-0.39, 0.29) is 6.10 Å². The molecular weight excluding hydrogens is 176 g/mol. The Morgan fingerprint density at radius 2 is 1.83 bits per heavy atom. The number of rotatable bonds is 2. The molecule has 3 nitrogen and oxygen atoms in total. The molecule has 3 aliphatic rings. The van der Waals surface area contributed by atoms with Gasteiger partial charge in [-0.25, -0.2) is 0 Å². The molecule has 1 aliphatic heterocycles. The van der Waals surface area contributed by atoms with Gasteiger partial charge in [0.15, 0.2) is 0 Å². The lowest BCUT2D eigenvalue weighted by atomic mass is 10.1. The number of ether oxygens (including phenoxy) is 1. The Balaban J connectivity index is 1.71. The summed E-state index contributed by atoms with van der Waals surface area (Å²) in [6, 6.07) is 0. The van der Waals surface area contributed by atoms with Crippen molar-refractivity contribution in [2.24, 2.45) is 22.1 Å². The maximum atomic E-state index is 5.80. The summed E-state index contributed by atoms with van der Waals surface area (Å²) in [5, 5.41) is 6.27. The minimum atomic E-state index is -1.00. The molecule has 0 aromatic carbocycles. The first-order chi connectivity index (χ1) is 5.77. The molecule has 0 N–H and O–H groups in total. The first-order valence-electron chi connectivity index (χ1n) is 4.26. The Kier molecular flexibility index (Phi) is 1.23. The predicted octanol–water partition coefficient (Wildman–Crippen LogP) is 2.28. The van der Waals surface area contributed by atoms with Crippen molar-refractivity contribution in [2.45, 2.75) is 24.3 Å². The van der Waals surface area contributed by atoms with E-state index >= 15 is 0 Å². The summed E-state index contributed by atoms with van der Waals surface area (Å²) in [4.78, 5) is 0. The van der Waals surface area contributed by atoms with Crippen LogP contribution in [0.2, 0.25) is 0 Å². The summed E-state index contributed by atoms with van der Waals surface area (Å²) in [6.07, 6.45) is 7.12. The van der Waals surface area contributed by atoms with Gasteiger partial charge in [0.05, 0.1) is 6.10 Å². The molecule has 2 unspecified atom stereocenters. The average molecular weight is 185 g/mol. The summed E-state index contributed by atoms with van der Waals surface area (Å²) in [7, 11) is 0. The lowest BCUT2D eigenvalue weighted by Crippen LogP contribution is -2.24. The zero-order valence-corrected chi connectivity index (χ0v) is 7.24. The van der Waals surface area contributed by atoms with Gasteiger partial charge in [0.25, 0.3) is 0 Å². The molecule has 1 fully saturated rings. The summed E-state index contributed by atoms with van der Waals surface area (Å²) >= 11 is 5.80. The molecule has 0 spiro atoms. The molecule has 3 rings (SSSR count). The van der Waals surface area contributed by atoms with Crippen molar-refractivity contribution in [3.63, 3.8) is 0 Å². The third kappa shape index (κ3) is 0.930. The lowest BCUT2D eigenvalue weighted by Gasteiger charge is -2.17. The molecule has 0 amide bonds. The van der Waals surface area contributed by atoms with Crippen molar-refractivity contribution in [1.29, 1.82) is 0 Å². The molecule has 0 aromatic heterocycles. The van der Waals surface area contributed by atoms with E-state index in [2.05, 4.69) is 22.4 Å². The molecule has 2 bridgehead atoms. The summed E-state index contributed by atoms with van der Waals surface area (Å²) in [5.41, 5.74) is 0. The van der Waals surface area contributed by atoms with Gasteiger partial charge >= 0.3 is 5.31 Å². The highest BCUT2D eigenvalue weighted by Gasteiger charge is 2.48. The number of hydrogen-bond donors (Lipinski definition) is 0. The van der Waals surface area contributed by atoms with Crippen molar-refractivity contribution in [1.82, 2.24) is 0 Å². The fourth-order valence-corrected chi connectivity index (χ4v) is 2.30. The van der Waals surface area contributed by atoms with E-state index in [9.17, 15) is 0 Å². The smallest absolute Gasteiger partial charge is 0.316 e. The lowest BCUT2D eigenvalue weighted by molar-refractivity contribution is -0.0143. The van der Waals surface area contributed by atoms with Gasteiger partial charge in [0, 0.05) is 11.8 Å². The molecule has 0 aromatic rings. The topological polar surface area (TPSA) is 34.0 Å². The van der Waals surface area contributed by atoms with Crippen LogP contribution >= 0.6 is 11.6 Å². The molecule has 12 heavy (non-hydrogen) atoms. The zero-order valence-electron chi connectivity index (χ0n) is 6.48. The summed E-state index contributed by atoms with van der Waals surface area (Å²) < 4.78 is 5.57. The van der Waals surface area contributed by atoms with Crippen LogP contribution in [-0.4, -0.2) is 11.4 Å². The van der Waals surface area contributed by atoms with Crippen molar-refractivity contribution in [2.75, 3.05) is 0 Å². The average Bonchev–Trinajstić information content (AvgIpc) is 2.54. The van der Waals surface area contributed by atoms with Crippen LogP contribution in [0, 0.1) is 11.8 Å². The van der Waals surface area contributed by atoms with Crippen LogP contribution in [0.3, 0.4) is 0 Å². The van der Waals surface area contributed by atoms with Gasteiger partial charge in [-0.3, -0.25) is 0 Å². The highest BCUT2D eigenvalue weighted by atomic mass is 35.5. The van der Waals surface area contributed by atoms with Crippen LogP contribution in [0.15, 0.2) is 22.4 Å². The highest BCUT2D eigenvalue weighted by molar-refractivity contribution is 6.23. The molecular formula is C8H9ClN2O. The second kappa shape index (κ2) is 2.09. The van der Waals surface area contributed by atoms with Crippen LogP contribution in [0.4, 0.5) is 0 Å². The monoisotopic (exact) mass is 184 g/mol. The fourth-order valence-electron chi connectivity index (χ4n) is 2.16. The second-order valence-corrected chi connectivity index (χ2v) is 4.09. The third-order valence-corrected chi connectivity index (χ3v) is 3.07. The van der Waals surface area contributed by atoms with Crippen LogP contribution < -0.4 is 0 Å². The van der Waals surface area contributed by atoms with Crippen molar-refractivity contribution >= 4 is 11.6 Å². The van der Waals surface area contributed by atoms with E-state index in [4.69, 9.17) is 16.3 Å². The summed E-state index contributed by atoms with van der Waals surface area (Å²) in [5.74, 6) is 1.10. The molecule has 2 aliphatic carbocycles. The Bertz CT molecular complexity index is 256. The Hall–Kier alpha value is -0.410. The maximum absolute atomic E-state index is 5.80. The highest BCUT2D eigenvalue weighted by Crippen LogP contribution is 2.46. The molecule has 4 heteroatoms. The molecule has 0 radical (unpaired) electrons. The predicted molar refractivity (Wildman–Crippen MR) is 43.7 cm³/mol. The van der Waals surface area contributed by atoms with Crippen molar-refractivity contribution in [3.05, 3.63) is 12.2 Å². The number of alkyl halides is 1. The van der Waals surface area contributed by atoms with Gasteiger partial charge in [-0.05, 0) is 24.4 Å². The van der Waals surface area contributed by atoms with Crippen LogP contribution in [-0.2, 0) is 4.74 Å². The largest absolute Gasteiger partial charge is 0.375 e. The van der Waals surface area contributed by atoms with E-state index in [1.54, 1.807) is 0 Å². The third-order valence-electron chi connectivity index (χ3n) is 2.83. The summed E-state index contributed by atoms with van der Waals surface area (Å²) in [6.45, 7) is 0. The van der Waals surface area contributed by atoms with Gasteiger partial charge in [-0.2, -0.15) is 0 Å². The van der Waals surface area contributed by atoms with E-state index in [1.807, 2.05) is 0 Å². The van der Waals surface area contributed by atoms with Gasteiger partial charge in [0.1, 0.15) is 0 Å². The number of nitrogens with zero attached hydrogens (tertiary/aromatic N) is 2. The van der Waals surface area contributed by atoms with Crippen LogP contribution in [0.5, 0.6) is 0 Å². The molecule has 1 heterocycles. The van der Waals surface area contributed by atoms with Gasteiger partial charge in [-0.1, -0.05) is 12.2 Å². The van der Waals surface area contributed by atoms with E-state index in [0.717, 1.165) is 0 Å². The van der Waals surface area contributed by atoms with E-state index in [1.165, 1.54) is 12.8 Å². The zero-order chi connectivity index (χ0) is 8.18. The molecule has 1 saturated carbocycles. The maximum Gasteiger partial charge on any atom is 0.375 e. The van der Waals surface area contributed by atoms with E-state index in [0.29, 0.717) is 11.8 Å². The second-order valence-electron chi connectivity index (χ2n) is 3.60. The minimum Gasteiger partial charge on any atom is -0.316 e. The van der Waals surface area contributed by atoms with Gasteiger partial charge in [0.2, 0.25) is 0 Å². The van der Waals surface area contributed by atoms with Crippen LogP contribution in [0.1, 0.15) is 12.8 Å². The minimum absolute atomic E-state index is 0.234. The van der Waals surface area contributed by atoms with Gasteiger partial charge < -0.3 is 4.74 Å². The van der Waals surface area contributed by atoms with Crippen molar-refractivity contribution in [3.8, 4) is 0 Å². The van der Waals surface area contributed by atoms with Crippen molar-refractivity contribution < 1.29 is 4.74 Å². The molecule has 64 valence electrons. The first-order valence-corrected chi connectivity index (χ1v) is 4.64. The quantitative estimate of drug-likeness (QED) is 0.368. The number of hydrogen-bond acceptors (Lipinski definition) is 3. The normalized spacial score (nSPS) is 45.6. The Morgan fingerprint density at radius 3 is 2.25 bits per heavy atom. The molecule has 2 atom stereocenters. The van der Waals surface area contributed by atoms with Gasteiger partial charge in [-0.15, -0.1) is 10.2 Å². The van der Waals surface area contributed by atoms with Crippen LogP contribution in [0.25, 0.3) is 0 Å². The van der Waals surface area contributed by atoms with E-state index < -0.39 is 5.31 Å². The molecule has 0 saturated heterocycles. The number of fused-ring (bicyclic) bond motifs is 2. The Labute approximate surface area is 75.5 Å². The fraction of sp³-hybridized carbons (Fsp3) is 0.750. The first kappa shape index (κ1) is 7.04. The standard InChI is InChI=1S/C8H9ClN2O/c9-8(10-11-8)12-7-5-1-2-6(7)4-3-5/h1-2,5-7H,3-4H2. The SMILES string of the molecule is ClC1(OC2C3C=CC2CC3)N=N1.